The predicted molar refractivity (Wildman–Crippen MR) is 88.6 cm³/mol. The molecule has 0 radical (unpaired) electrons. The van der Waals surface area contributed by atoms with Gasteiger partial charge in [-0.25, -0.2) is 14.8 Å². The maximum atomic E-state index is 13.1. The van der Waals surface area contributed by atoms with Gasteiger partial charge >= 0.3 is 12.1 Å². The first-order chi connectivity index (χ1) is 12.8. The second-order valence-electron chi connectivity index (χ2n) is 5.89. The summed E-state index contributed by atoms with van der Waals surface area (Å²) in [5, 5.41) is 8.83. The van der Waals surface area contributed by atoms with E-state index in [1.54, 1.807) is 4.90 Å². The van der Waals surface area contributed by atoms with E-state index in [0.717, 1.165) is 12.3 Å². The average molecular weight is 380 g/mol. The Hall–Kier alpha value is -3.17. The van der Waals surface area contributed by atoms with Crippen LogP contribution in [-0.2, 0) is 6.18 Å². The highest BCUT2D eigenvalue weighted by molar-refractivity contribution is 5.96. The fourth-order valence-corrected chi connectivity index (χ4v) is 2.82. The van der Waals surface area contributed by atoms with E-state index in [4.69, 9.17) is 5.11 Å². The minimum atomic E-state index is -4.60. The van der Waals surface area contributed by atoms with Gasteiger partial charge in [-0.3, -0.25) is 4.79 Å². The third kappa shape index (κ3) is 3.99. The molecule has 0 bridgehead atoms. The molecule has 1 aliphatic rings. The van der Waals surface area contributed by atoms with Crippen LogP contribution in [0.5, 0.6) is 0 Å². The zero-order chi connectivity index (χ0) is 19.6. The van der Waals surface area contributed by atoms with Gasteiger partial charge in [-0.1, -0.05) is 12.1 Å². The number of piperazine rings is 1. The van der Waals surface area contributed by atoms with Crippen LogP contribution in [0.4, 0.5) is 19.0 Å². The lowest BCUT2D eigenvalue weighted by Crippen LogP contribution is -2.49. The van der Waals surface area contributed by atoms with Gasteiger partial charge in [0.1, 0.15) is 5.82 Å². The molecule has 2 aromatic rings. The fourth-order valence-electron chi connectivity index (χ4n) is 2.82. The Labute approximate surface area is 152 Å². The number of benzene rings is 1. The first kappa shape index (κ1) is 18.6. The van der Waals surface area contributed by atoms with Gasteiger partial charge in [0, 0.05) is 26.2 Å². The number of halogens is 3. The van der Waals surface area contributed by atoms with Crippen LogP contribution in [0.2, 0.25) is 0 Å². The quantitative estimate of drug-likeness (QED) is 0.878. The third-order valence-electron chi connectivity index (χ3n) is 4.21. The molecule has 3 rings (SSSR count). The SMILES string of the molecule is O=C(O)c1cnc(N2CCN(C(=O)c3ccccc3C(F)(F)F)CC2)cn1. The summed E-state index contributed by atoms with van der Waals surface area (Å²) >= 11 is 0. The number of carboxylic acid groups (broad SMARTS) is 1. The Morgan fingerprint density at radius 2 is 1.67 bits per heavy atom. The number of carboxylic acids is 1. The summed E-state index contributed by atoms with van der Waals surface area (Å²) in [7, 11) is 0. The van der Waals surface area contributed by atoms with Crippen molar-refractivity contribution in [3.63, 3.8) is 0 Å². The maximum Gasteiger partial charge on any atom is 0.417 e. The van der Waals surface area contributed by atoms with Crippen molar-refractivity contribution in [2.24, 2.45) is 0 Å². The highest BCUT2D eigenvalue weighted by atomic mass is 19.4. The van der Waals surface area contributed by atoms with Crippen molar-refractivity contribution in [3.8, 4) is 0 Å². The number of rotatable bonds is 3. The molecule has 2 heterocycles. The topological polar surface area (TPSA) is 86.6 Å². The van der Waals surface area contributed by atoms with Gasteiger partial charge in [0.2, 0.25) is 0 Å². The third-order valence-corrected chi connectivity index (χ3v) is 4.21. The van der Waals surface area contributed by atoms with Crippen molar-refractivity contribution in [1.82, 2.24) is 14.9 Å². The van der Waals surface area contributed by atoms with Gasteiger partial charge < -0.3 is 14.9 Å². The molecule has 0 atom stereocenters. The van der Waals surface area contributed by atoms with Crippen LogP contribution in [0, 0.1) is 0 Å². The van der Waals surface area contributed by atoms with E-state index in [0.29, 0.717) is 18.9 Å². The molecule has 1 aromatic heterocycles. The van der Waals surface area contributed by atoms with Gasteiger partial charge in [-0.15, -0.1) is 0 Å². The average Bonchev–Trinajstić information content (AvgIpc) is 2.67. The largest absolute Gasteiger partial charge is 0.476 e. The number of amides is 1. The lowest BCUT2D eigenvalue weighted by atomic mass is 10.1. The van der Waals surface area contributed by atoms with E-state index >= 15 is 0 Å². The number of hydrogen-bond acceptors (Lipinski definition) is 5. The molecule has 1 amide bonds. The molecular weight excluding hydrogens is 365 g/mol. The van der Waals surface area contributed by atoms with Crippen LogP contribution < -0.4 is 4.90 Å². The lowest BCUT2D eigenvalue weighted by Gasteiger charge is -2.35. The molecular formula is C17H15F3N4O3. The highest BCUT2D eigenvalue weighted by Crippen LogP contribution is 2.32. The summed E-state index contributed by atoms with van der Waals surface area (Å²) in [5.74, 6) is -1.41. The lowest BCUT2D eigenvalue weighted by molar-refractivity contribution is -0.138. The molecule has 27 heavy (non-hydrogen) atoms. The van der Waals surface area contributed by atoms with Gasteiger partial charge in [0.15, 0.2) is 5.69 Å². The summed E-state index contributed by atoms with van der Waals surface area (Å²) in [6, 6.07) is 4.71. The second-order valence-corrected chi connectivity index (χ2v) is 5.89. The number of aromatic nitrogens is 2. The predicted octanol–water partition coefficient (Wildman–Crippen LogP) is 2.16. The zero-order valence-corrected chi connectivity index (χ0v) is 14.0. The Kier molecular flexibility index (Phi) is 4.98. The fraction of sp³-hybridized carbons (Fsp3) is 0.294. The minimum absolute atomic E-state index is 0.184. The number of anilines is 1. The number of alkyl halides is 3. The molecule has 1 aromatic carbocycles. The molecule has 0 aliphatic carbocycles. The van der Waals surface area contributed by atoms with Crippen molar-refractivity contribution < 1.29 is 27.9 Å². The summed E-state index contributed by atoms with van der Waals surface area (Å²) in [4.78, 5) is 34.3. The van der Waals surface area contributed by atoms with Crippen LogP contribution in [-0.4, -0.2) is 58.0 Å². The Morgan fingerprint density at radius 1 is 1.00 bits per heavy atom. The van der Waals surface area contributed by atoms with Crippen LogP contribution in [0.3, 0.4) is 0 Å². The summed E-state index contributed by atoms with van der Waals surface area (Å²) in [5.41, 5.74) is -1.51. The standard InChI is InChI=1S/C17H15F3N4O3/c18-17(19,20)12-4-2-1-3-11(12)15(25)24-7-5-23(6-8-24)14-10-21-13(9-22-14)16(26)27/h1-4,9-10H,5-8H2,(H,26,27). The molecule has 0 unspecified atom stereocenters. The van der Waals surface area contributed by atoms with Crippen LogP contribution in [0.1, 0.15) is 26.4 Å². The monoisotopic (exact) mass is 380 g/mol. The van der Waals surface area contributed by atoms with E-state index < -0.39 is 23.6 Å². The van der Waals surface area contributed by atoms with Crippen LogP contribution >= 0.6 is 0 Å². The molecule has 0 saturated carbocycles. The van der Waals surface area contributed by atoms with Crippen molar-refractivity contribution >= 4 is 17.7 Å². The molecule has 7 nitrogen and oxygen atoms in total. The summed E-state index contributed by atoms with van der Waals surface area (Å²) in [6.07, 6.45) is -2.15. The Morgan fingerprint density at radius 3 is 2.22 bits per heavy atom. The smallest absolute Gasteiger partial charge is 0.417 e. The molecule has 142 valence electrons. The van der Waals surface area contributed by atoms with E-state index in [2.05, 4.69) is 9.97 Å². The minimum Gasteiger partial charge on any atom is -0.476 e. The Bertz CT molecular complexity index is 847. The number of carbonyl (C=O) groups excluding carboxylic acids is 1. The van der Waals surface area contributed by atoms with Crippen molar-refractivity contribution in [1.29, 1.82) is 0 Å². The highest BCUT2D eigenvalue weighted by Gasteiger charge is 2.36. The maximum absolute atomic E-state index is 13.1. The molecule has 1 aliphatic heterocycles. The number of aromatic carboxylic acids is 1. The van der Waals surface area contributed by atoms with Crippen molar-refractivity contribution in [2.45, 2.75) is 6.18 Å². The molecule has 10 heteroatoms. The molecule has 1 saturated heterocycles. The molecule has 0 spiro atoms. The second kappa shape index (κ2) is 7.22. The number of carbonyl (C=O) groups is 2. The van der Waals surface area contributed by atoms with Gasteiger partial charge in [0.05, 0.1) is 23.5 Å². The normalized spacial score (nSPS) is 14.9. The van der Waals surface area contributed by atoms with Crippen LogP contribution in [0.15, 0.2) is 36.7 Å². The van der Waals surface area contributed by atoms with E-state index in [9.17, 15) is 22.8 Å². The molecule has 1 N–H and O–H groups in total. The van der Waals surface area contributed by atoms with E-state index in [1.807, 2.05) is 0 Å². The van der Waals surface area contributed by atoms with Gasteiger partial charge in [0.25, 0.3) is 5.91 Å². The summed E-state index contributed by atoms with van der Waals surface area (Å²) < 4.78 is 39.3. The van der Waals surface area contributed by atoms with Crippen LogP contribution in [0.25, 0.3) is 0 Å². The Balaban J connectivity index is 1.69. The number of nitrogens with zero attached hydrogens (tertiary/aromatic N) is 4. The first-order valence-electron chi connectivity index (χ1n) is 8.03. The number of hydrogen-bond donors (Lipinski definition) is 1. The summed E-state index contributed by atoms with van der Waals surface area (Å²) in [6.45, 7) is 1.13. The zero-order valence-electron chi connectivity index (χ0n) is 14.0. The van der Waals surface area contributed by atoms with Gasteiger partial charge in [-0.05, 0) is 12.1 Å². The van der Waals surface area contributed by atoms with E-state index in [-0.39, 0.29) is 24.3 Å². The van der Waals surface area contributed by atoms with Crippen molar-refractivity contribution in [2.75, 3.05) is 31.1 Å². The van der Waals surface area contributed by atoms with E-state index in [1.165, 1.54) is 29.3 Å². The van der Waals surface area contributed by atoms with Gasteiger partial charge in [-0.2, -0.15) is 13.2 Å². The van der Waals surface area contributed by atoms with Crippen molar-refractivity contribution in [3.05, 3.63) is 53.5 Å². The molecule has 1 fully saturated rings. The first-order valence-corrected chi connectivity index (χ1v) is 8.03.